The summed E-state index contributed by atoms with van der Waals surface area (Å²) in [7, 11) is 1.82. The number of fused-ring (bicyclic) bond motifs is 2. The number of amides is 1. The third-order valence-corrected chi connectivity index (χ3v) is 6.82. The lowest BCUT2D eigenvalue weighted by molar-refractivity contribution is 0.0939. The number of hydrogen-bond acceptors (Lipinski definition) is 5. The summed E-state index contributed by atoms with van der Waals surface area (Å²) in [6, 6.07) is 20.0. The molecule has 0 spiro atoms. The van der Waals surface area contributed by atoms with Gasteiger partial charge in [0, 0.05) is 36.4 Å². The summed E-state index contributed by atoms with van der Waals surface area (Å²) in [4.78, 5) is 32.0. The predicted octanol–water partition coefficient (Wildman–Crippen LogP) is 3.97. The highest BCUT2D eigenvalue weighted by molar-refractivity contribution is 6.01. The Balaban J connectivity index is 1.48. The molecule has 0 aliphatic rings. The quantitative estimate of drug-likeness (QED) is 0.350. The van der Waals surface area contributed by atoms with Gasteiger partial charge in [0.25, 0.3) is 11.5 Å². The normalized spacial score (nSPS) is 11.8. The average Bonchev–Trinajstić information content (AvgIpc) is 3.53. The van der Waals surface area contributed by atoms with E-state index in [0.29, 0.717) is 39.2 Å². The zero-order valence-corrected chi connectivity index (χ0v) is 22.2. The SMILES string of the molecule is Cc1nn2cccnc2c1C(=O)N[C@H](C)c1cc2cccc(C#Cc3ccnn3C)c2c(=O)n1-c1ccccc1. The number of benzene rings is 2. The maximum Gasteiger partial charge on any atom is 0.264 e. The predicted molar refractivity (Wildman–Crippen MR) is 152 cm³/mol. The van der Waals surface area contributed by atoms with Gasteiger partial charge >= 0.3 is 0 Å². The lowest BCUT2D eigenvalue weighted by Gasteiger charge is -2.21. The minimum Gasteiger partial charge on any atom is -0.344 e. The van der Waals surface area contributed by atoms with Crippen molar-refractivity contribution in [3.05, 3.63) is 124 Å². The number of rotatable bonds is 4. The summed E-state index contributed by atoms with van der Waals surface area (Å²) in [5.41, 5.74) is 3.90. The van der Waals surface area contributed by atoms with E-state index in [2.05, 4.69) is 32.3 Å². The number of nitrogens with one attached hydrogen (secondary N) is 1. The van der Waals surface area contributed by atoms with Crippen LogP contribution in [0.3, 0.4) is 0 Å². The van der Waals surface area contributed by atoms with Gasteiger partial charge in [-0.1, -0.05) is 36.3 Å². The van der Waals surface area contributed by atoms with Gasteiger partial charge in [-0.2, -0.15) is 10.2 Å². The molecule has 40 heavy (non-hydrogen) atoms. The molecular weight excluding hydrogens is 502 g/mol. The summed E-state index contributed by atoms with van der Waals surface area (Å²) in [5, 5.41) is 12.9. The Morgan fingerprint density at radius 3 is 2.60 bits per heavy atom. The molecule has 0 saturated carbocycles. The van der Waals surface area contributed by atoms with E-state index in [1.54, 1.807) is 45.3 Å². The standard InChI is InChI=1S/C31H25N7O2/c1-20(34-30(39)27-21(2)35-37-18-8-16-32-29(27)37)26-19-23-10-7-9-22(13-14-24-15-17-33-36(24)3)28(23)31(40)38(26)25-11-5-4-6-12-25/h4-12,15-20H,1-3H3,(H,34,39)/t20-/m1/s1. The molecule has 4 aromatic heterocycles. The van der Waals surface area contributed by atoms with Crippen LogP contribution in [0.15, 0.2) is 90.1 Å². The van der Waals surface area contributed by atoms with Gasteiger partial charge in [-0.05, 0) is 61.6 Å². The molecule has 1 atom stereocenters. The van der Waals surface area contributed by atoms with Gasteiger partial charge in [-0.15, -0.1) is 0 Å². The van der Waals surface area contributed by atoms with Gasteiger partial charge in [0.05, 0.1) is 23.3 Å². The van der Waals surface area contributed by atoms with Crippen LogP contribution >= 0.6 is 0 Å². The molecule has 2 aromatic carbocycles. The molecule has 196 valence electrons. The van der Waals surface area contributed by atoms with Crippen molar-refractivity contribution < 1.29 is 4.79 Å². The Morgan fingerprint density at radius 1 is 1.00 bits per heavy atom. The molecular formula is C31H25N7O2. The maximum absolute atomic E-state index is 14.2. The highest BCUT2D eigenvalue weighted by Gasteiger charge is 2.23. The van der Waals surface area contributed by atoms with E-state index in [1.807, 2.05) is 74.6 Å². The molecule has 1 N–H and O–H groups in total. The largest absolute Gasteiger partial charge is 0.344 e. The van der Waals surface area contributed by atoms with Crippen molar-refractivity contribution in [2.24, 2.45) is 7.05 Å². The van der Waals surface area contributed by atoms with Crippen molar-refractivity contribution in [1.82, 2.24) is 34.3 Å². The van der Waals surface area contributed by atoms with Gasteiger partial charge < -0.3 is 5.32 Å². The third-order valence-electron chi connectivity index (χ3n) is 6.82. The zero-order valence-electron chi connectivity index (χ0n) is 22.2. The van der Waals surface area contributed by atoms with E-state index in [1.165, 1.54) is 0 Å². The Kier molecular flexibility index (Phi) is 6.21. The Morgan fingerprint density at radius 2 is 1.82 bits per heavy atom. The first kappa shape index (κ1) is 24.8. The first-order valence-electron chi connectivity index (χ1n) is 12.8. The van der Waals surface area contributed by atoms with E-state index in [0.717, 1.165) is 11.1 Å². The second kappa shape index (κ2) is 10.0. The van der Waals surface area contributed by atoms with Crippen molar-refractivity contribution in [2.75, 3.05) is 0 Å². The Hall–Kier alpha value is -5.49. The third kappa shape index (κ3) is 4.31. The maximum atomic E-state index is 14.2. The first-order chi connectivity index (χ1) is 19.4. The molecule has 9 nitrogen and oxygen atoms in total. The van der Waals surface area contributed by atoms with Crippen molar-refractivity contribution >= 4 is 22.3 Å². The number of aryl methyl sites for hydroxylation is 2. The summed E-state index contributed by atoms with van der Waals surface area (Å²) >= 11 is 0. The summed E-state index contributed by atoms with van der Waals surface area (Å²) in [6.45, 7) is 3.64. The first-order valence-corrected chi connectivity index (χ1v) is 12.8. The molecule has 9 heteroatoms. The molecule has 0 aliphatic heterocycles. The van der Waals surface area contributed by atoms with E-state index >= 15 is 0 Å². The fraction of sp³-hybridized carbons (Fsp3) is 0.129. The molecule has 6 aromatic rings. The summed E-state index contributed by atoms with van der Waals surface area (Å²) in [6.07, 6.45) is 5.06. The van der Waals surface area contributed by atoms with E-state index in [4.69, 9.17) is 0 Å². The highest BCUT2D eigenvalue weighted by atomic mass is 16.2. The van der Waals surface area contributed by atoms with Gasteiger partial charge in [0.1, 0.15) is 11.3 Å². The van der Waals surface area contributed by atoms with E-state index in [-0.39, 0.29) is 11.5 Å². The van der Waals surface area contributed by atoms with E-state index in [9.17, 15) is 9.59 Å². The lowest BCUT2D eigenvalue weighted by Crippen LogP contribution is -2.32. The number of aromatic nitrogens is 6. The zero-order chi connectivity index (χ0) is 27.8. The van der Waals surface area contributed by atoms with Crippen molar-refractivity contribution in [1.29, 1.82) is 0 Å². The molecule has 4 heterocycles. The van der Waals surface area contributed by atoms with Crippen LogP contribution in [-0.4, -0.2) is 34.9 Å². The van der Waals surface area contributed by atoms with Crippen molar-refractivity contribution in [3.63, 3.8) is 0 Å². The van der Waals surface area contributed by atoms with Gasteiger partial charge in [-0.25, -0.2) is 9.50 Å². The van der Waals surface area contributed by atoms with Crippen LogP contribution in [0.4, 0.5) is 0 Å². The minimum atomic E-state index is -0.521. The Bertz CT molecular complexity index is 2020. The van der Waals surface area contributed by atoms with Crippen LogP contribution < -0.4 is 10.9 Å². The molecule has 1 amide bonds. The molecule has 0 bridgehead atoms. The number of nitrogens with zero attached hydrogens (tertiary/aromatic N) is 6. The van der Waals surface area contributed by atoms with Gasteiger partial charge in [-0.3, -0.25) is 18.8 Å². The fourth-order valence-corrected chi connectivity index (χ4v) is 4.88. The number of para-hydroxylation sites is 1. The Labute approximate surface area is 229 Å². The number of carbonyl (C=O) groups excluding carboxylic acids is 1. The van der Waals surface area contributed by atoms with Crippen molar-refractivity contribution in [3.8, 4) is 17.5 Å². The molecule has 0 radical (unpaired) electrons. The molecule has 0 fully saturated rings. The second-order valence-corrected chi connectivity index (χ2v) is 9.45. The van der Waals surface area contributed by atoms with Crippen LogP contribution in [0.1, 0.15) is 46.0 Å². The van der Waals surface area contributed by atoms with Crippen LogP contribution in [0, 0.1) is 18.8 Å². The number of hydrogen-bond donors (Lipinski definition) is 1. The monoisotopic (exact) mass is 527 g/mol. The smallest absolute Gasteiger partial charge is 0.264 e. The topological polar surface area (TPSA) is 99.1 Å². The van der Waals surface area contributed by atoms with Gasteiger partial charge in [0.2, 0.25) is 0 Å². The molecule has 0 aliphatic carbocycles. The van der Waals surface area contributed by atoms with Crippen LogP contribution in [-0.2, 0) is 7.05 Å². The van der Waals surface area contributed by atoms with Crippen LogP contribution in [0.25, 0.3) is 22.1 Å². The van der Waals surface area contributed by atoms with Crippen LogP contribution in [0.2, 0.25) is 0 Å². The minimum absolute atomic E-state index is 0.219. The van der Waals surface area contributed by atoms with Crippen LogP contribution in [0.5, 0.6) is 0 Å². The molecule has 0 saturated heterocycles. The average molecular weight is 528 g/mol. The summed E-state index contributed by atoms with van der Waals surface area (Å²) in [5.74, 6) is 5.96. The number of carbonyl (C=O) groups is 1. The molecule has 6 rings (SSSR count). The molecule has 0 unspecified atom stereocenters. The second-order valence-electron chi connectivity index (χ2n) is 9.45. The van der Waals surface area contributed by atoms with E-state index < -0.39 is 6.04 Å². The van der Waals surface area contributed by atoms with Gasteiger partial charge in [0.15, 0.2) is 5.65 Å². The number of pyridine rings is 1. The highest BCUT2D eigenvalue weighted by Crippen LogP contribution is 2.24. The summed E-state index contributed by atoms with van der Waals surface area (Å²) < 4.78 is 4.91. The fourth-order valence-electron chi connectivity index (χ4n) is 4.88. The van der Waals surface area contributed by atoms with Crippen molar-refractivity contribution in [2.45, 2.75) is 19.9 Å². The lowest BCUT2D eigenvalue weighted by atomic mass is 10.0.